The molecule has 0 spiro atoms. The highest BCUT2D eigenvalue weighted by Gasteiger charge is 2.26. The van der Waals surface area contributed by atoms with Crippen LogP contribution < -0.4 is 11.1 Å². The first kappa shape index (κ1) is 16.6. The molecule has 0 aliphatic rings. The molecule has 0 aliphatic carbocycles. The summed E-state index contributed by atoms with van der Waals surface area (Å²) >= 11 is 0. The van der Waals surface area contributed by atoms with Crippen LogP contribution in [0, 0.1) is 11.2 Å². The van der Waals surface area contributed by atoms with Crippen molar-refractivity contribution in [3.05, 3.63) is 35.6 Å². The zero-order chi connectivity index (χ0) is 15.2. The molecule has 3 N–H and O–H groups in total. The third kappa shape index (κ3) is 4.93. The van der Waals surface area contributed by atoms with Gasteiger partial charge in [0.05, 0.1) is 5.41 Å². The van der Waals surface area contributed by atoms with E-state index in [2.05, 4.69) is 12.2 Å². The van der Waals surface area contributed by atoms with Crippen LogP contribution in [0.15, 0.2) is 24.3 Å². The predicted molar refractivity (Wildman–Crippen MR) is 79.6 cm³/mol. The van der Waals surface area contributed by atoms with Crippen LogP contribution in [0.25, 0.3) is 0 Å². The topological polar surface area (TPSA) is 55.1 Å². The molecule has 20 heavy (non-hydrogen) atoms. The molecule has 0 heterocycles. The predicted octanol–water partition coefficient (Wildman–Crippen LogP) is 3.16. The van der Waals surface area contributed by atoms with Crippen molar-refractivity contribution in [3.8, 4) is 0 Å². The van der Waals surface area contributed by atoms with Gasteiger partial charge in [-0.05, 0) is 38.0 Å². The largest absolute Gasteiger partial charge is 0.369 e. The lowest BCUT2D eigenvalue weighted by Gasteiger charge is -2.26. The van der Waals surface area contributed by atoms with E-state index in [9.17, 15) is 9.18 Å². The number of carbonyl (C=O) groups excluding carboxylic acids is 1. The molecule has 1 atom stereocenters. The van der Waals surface area contributed by atoms with E-state index in [4.69, 9.17) is 5.73 Å². The smallest absolute Gasteiger partial charge is 0.224 e. The molecule has 1 unspecified atom stereocenters. The van der Waals surface area contributed by atoms with Crippen molar-refractivity contribution in [2.45, 2.75) is 46.1 Å². The van der Waals surface area contributed by atoms with Crippen LogP contribution in [0.2, 0.25) is 0 Å². The summed E-state index contributed by atoms with van der Waals surface area (Å²) in [6.45, 7) is 6.29. The van der Waals surface area contributed by atoms with E-state index in [1.54, 1.807) is 12.1 Å². The summed E-state index contributed by atoms with van der Waals surface area (Å²) < 4.78 is 13.0. The fourth-order valence-corrected chi connectivity index (χ4v) is 1.96. The maximum atomic E-state index is 13.0. The summed E-state index contributed by atoms with van der Waals surface area (Å²) in [5, 5.41) is 3.39. The number of rotatable bonds is 8. The number of halogens is 1. The zero-order valence-electron chi connectivity index (χ0n) is 12.6. The molecule has 1 amide bonds. The molecule has 0 aliphatic heterocycles. The van der Waals surface area contributed by atoms with E-state index < -0.39 is 5.41 Å². The molecule has 4 heteroatoms. The second kappa shape index (κ2) is 7.39. The van der Waals surface area contributed by atoms with Gasteiger partial charge in [-0.15, -0.1) is 0 Å². The van der Waals surface area contributed by atoms with Crippen molar-refractivity contribution in [1.29, 1.82) is 0 Å². The van der Waals surface area contributed by atoms with Gasteiger partial charge < -0.3 is 11.1 Å². The molecule has 0 radical (unpaired) electrons. The van der Waals surface area contributed by atoms with Gasteiger partial charge in [0, 0.05) is 12.6 Å². The highest BCUT2D eigenvalue weighted by atomic mass is 19.1. The SMILES string of the molecule is CCCCC(NCC(C)(C)C(N)=O)c1ccc(F)cc1. The average molecular weight is 280 g/mol. The molecule has 1 rings (SSSR count). The number of carbonyl (C=O) groups is 1. The van der Waals surface area contributed by atoms with Crippen LogP contribution in [0.4, 0.5) is 4.39 Å². The number of hydrogen-bond donors (Lipinski definition) is 2. The van der Waals surface area contributed by atoms with Gasteiger partial charge in [-0.3, -0.25) is 4.79 Å². The highest BCUT2D eigenvalue weighted by Crippen LogP contribution is 2.22. The van der Waals surface area contributed by atoms with Crippen molar-refractivity contribution in [2.75, 3.05) is 6.54 Å². The van der Waals surface area contributed by atoms with Crippen molar-refractivity contribution in [3.63, 3.8) is 0 Å². The molecule has 1 aromatic carbocycles. The molecule has 0 aromatic heterocycles. The second-order valence-electron chi connectivity index (χ2n) is 5.88. The fraction of sp³-hybridized carbons (Fsp3) is 0.562. The molecule has 1 aromatic rings. The second-order valence-corrected chi connectivity index (χ2v) is 5.88. The Balaban J connectivity index is 2.74. The normalized spacial score (nSPS) is 13.2. The number of primary amides is 1. The van der Waals surface area contributed by atoms with Crippen LogP contribution in [0.1, 0.15) is 51.6 Å². The van der Waals surface area contributed by atoms with Gasteiger partial charge in [-0.2, -0.15) is 0 Å². The first-order chi connectivity index (χ1) is 9.36. The number of unbranched alkanes of at least 4 members (excludes halogenated alkanes) is 1. The minimum atomic E-state index is -0.593. The molecular formula is C16H25FN2O. The van der Waals surface area contributed by atoms with Gasteiger partial charge in [0.25, 0.3) is 0 Å². The Kier molecular flexibility index (Phi) is 6.14. The van der Waals surface area contributed by atoms with E-state index in [-0.39, 0.29) is 17.8 Å². The molecule has 3 nitrogen and oxygen atoms in total. The maximum Gasteiger partial charge on any atom is 0.224 e. The van der Waals surface area contributed by atoms with E-state index in [0.29, 0.717) is 6.54 Å². The van der Waals surface area contributed by atoms with Gasteiger partial charge in [0.1, 0.15) is 5.82 Å². The Hall–Kier alpha value is -1.42. The van der Waals surface area contributed by atoms with Crippen LogP contribution in [0.3, 0.4) is 0 Å². The van der Waals surface area contributed by atoms with Crippen LogP contribution in [0.5, 0.6) is 0 Å². The van der Waals surface area contributed by atoms with Gasteiger partial charge >= 0.3 is 0 Å². The Morgan fingerprint density at radius 1 is 1.35 bits per heavy atom. The molecule has 0 saturated heterocycles. The quantitative estimate of drug-likeness (QED) is 0.768. The third-order valence-electron chi connectivity index (χ3n) is 3.58. The zero-order valence-corrected chi connectivity index (χ0v) is 12.6. The lowest BCUT2D eigenvalue weighted by Crippen LogP contribution is -2.41. The van der Waals surface area contributed by atoms with Gasteiger partial charge in [0.15, 0.2) is 0 Å². The van der Waals surface area contributed by atoms with Crippen molar-refractivity contribution in [1.82, 2.24) is 5.32 Å². The molecule has 0 bridgehead atoms. The summed E-state index contributed by atoms with van der Waals surface area (Å²) in [6.07, 6.45) is 3.13. The Labute approximate surface area is 120 Å². The molecular weight excluding hydrogens is 255 g/mol. The highest BCUT2D eigenvalue weighted by molar-refractivity contribution is 5.80. The fourth-order valence-electron chi connectivity index (χ4n) is 1.96. The van der Waals surface area contributed by atoms with Crippen LogP contribution >= 0.6 is 0 Å². The Morgan fingerprint density at radius 3 is 2.45 bits per heavy atom. The number of nitrogens with two attached hydrogens (primary N) is 1. The van der Waals surface area contributed by atoms with E-state index >= 15 is 0 Å². The third-order valence-corrected chi connectivity index (χ3v) is 3.58. The number of nitrogens with one attached hydrogen (secondary N) is 1. The van der Waals surface area contributed by atoms with Gasteiger partial charge in [-0.1, -0.05) is 31.9 Å². The summed E-state index contributed by atoms with van der Waals surface area (Å²) in [5.74, 6) is -0.557. The van der Waals surface area contributed by atoms with Crippen molar-refractivity contribution >= 4 is 5.91 Å². The standard InChI is InChI=1S/C16H25FN2O/c1-4-5-6-14(12-7-9-13(17)10-8-12)19-11-16(2,3)15(18)20/h7-10,14,19H,4-6,11H2,1-3H3,(H2,18,20). The van der Waals surface area contributed by atoms with E-state index in [1.807, 2.05) is 13.8 Å². The summed E-state index contributed by atoms with van der Waals surface area (Å²) in [6, 6.07) is 6.64. The van der Waals surface area contributed by atoms with Crippen LogP contribution in [-0.4, -0.2) is 12.5 Å². The minimum absolute atomic E-state index is 0.120. The summed E-state index contributed by atoms with van der Waals surface area (Å²) in [7, 11) is 0. The van der Waals surface area contributed by atoms with Gasteiger partial charge in [0.2, 0.25) is 5.91 Å². The average Bonchev–Trinajstić information content (AvgIpc) is 2.40. The number of benzene rings is 1. The Bertz CT molecular complexity index is 429. The molecule has 112 valence electrons. The minimum Gasteiger partial charge on any atom is -0.369 e. The first-order valence-electron chi connectivity index (χ1n) is 7.15. The van der Waals surface area contributed by atoms with Crippen molar-refractivity contribution in [2.24, 2.45) is 11.1 Å². The molecule has 0 saturated carbocycles. The summed E-state index contributed by atoms with van der Waals surface area (Å²) in [4.78, 5) is 11.4. The van der Waals surface area contributed by atoms with Crippen molar-refractivity contribution < 1.29 is 9.18 Å². The number of hydrogen-bond acceptors (Lipinski definition) is 2. The van der Waals surface area contributed by atoms with E-state index in [1.165, 1.54) is 12.1 Å². The monoisotopic (exact) mass is 280 g/mol. The maximum absolute atomic E-state index is 13.0. The summed E-state index contributed by atoms with van der Waals surface area (Å²) in [5.41, 5.74) is 5.84. The molecule has 0 fully saturated rings. The van der Waals surface area contributed by atoms with E-state index in [0.717, 1.165) is 24.8 Å². The number of amides is 1. The Morgan fingerprint density at radius 2 is 1.95 bits per heavy atom. The first-order valence-corrected chi connectivity index (χ1v) is 7.15. The van der Waals surface area contributed by atoms with Crippen LogP contribution in [-0.2, 0) is 4.79 Å². The van der Waals surface area contributed by atoms with Gasteiger partial charge in [-0.25, -0.2) is 4.39 Å². The lowest BCUT2D eigenvalue weighted by atomic mass is 9.91. The lowest BCUT2D eigenvalue weighted by molar-refractivity contribution is -0.125.